The molecule has 0 bridgehead atoms. The van der Waals surface area contributed by atoms with Crippen molar-refractivity contribution in [1.29, 1.82) is 0 Å². The molecule has 0 atom stereocenters. The van der Waals surface area contributed by atoms with Gasteiger partial charge in [-0.2, -0.15) is 4.98 Å². The molecule has 0 radical (unpaired) electrons. The molecule has 3 heterocycles. The summed E-state index contributed by atoms with van der Waals surface area (Å²) in [6.45, 7) is 4.98. The fraction of sp³-hybridized carbons (Fsp3) is 0.421. The van der Waals surface area contributed by atoms with E-state index in [4.69, 9.17) is 0 Å². The van der Waals surface area contributed by atoms with Crippen LogP contribution in [0.15, 0.2) is 24.4 Å². The molecule has 1 amide bonds. The fourth-order valence-electron chi connectivity index (χ4n) is 3.69. The summed E-state index contributed by atoms with van der Waals surface area (Å²) in [6, 6.07) is 4.61. The Kier molecular flexibility index (Phi) is 4.65. The number of piperidine rings is 1. The predicted octanol–water partition coefficient (Wildman–Crippen LogP) is 2.85. The molecule has 0 unspecified atom stereocenters. The molecule has 2 aromatic rings. The molecule has 0 spiro atoms. The molecule has 2 aliphatic rings. The zero-order valence-electron chi connectivity index (χ0n) is 15.5. The van der Waals surface area contributed by atoms with Crippen molar-refractivity contribution in [2.75, 3.05) is 42.2 Å². The minimum Gasteiger partial charge on any atom is -0.338 e. The van der Waals surface area contributed by atoms with E-state index in [1.165, 1.54) is 12.1 Å². The molecule has 1 saturated heterocycles. The molecule has 142 valence electrons. The van der Waals surface area contributed by atoms with Crippen LogP contribution in [0.4, 0.5) is 27.5 Å². The Morgan fingerprint density at radius 3 is 2.78 bits per heavy atom. The van der Waals surface area contributed by atoms with Gasteiger partial charge in [0.2, 0.25) is 5.95 Å². The highest BCUT2D eigenvalue weighted by atomic mass is 19.1. The summed E-state index contributed by atoms with van der Waals surface area (Å²) in [6.07, 6.45) is 3.65. The lowest BCUT2D eigenvalue weighted by molar-refractivity contribution is 0.102. The maximum Gasteiger partial charge on any atom is 0.261 e. The van der Waals surface area contributed by atoms with E-state index in [1.807, 2.05) is 0 Å². The number of hydrogen-bond donors (Lipinski definition) is 2. The molecule has 0 aliphatic carbocycles. The molecule has 2 aliphatic heterocycles. The van der Waals surface area contributed by atoms with E-state index in [-0.39, 0.29) is 5.91 Å². The van der Waals surface area contributed by atoms with Crippen molar-refractivity contribution in [3.63, 3.8) is 0 Å². The largest absolute Gasteiger partial charge is 0.338 e. The van der Waals surface area contributed by atoms with Gasteiger partial charge in [0.15, 0.2) is 0 Å². The zero-order valence-corrected chi connectivity index (χ0v) is 15.5. The standard InChI is InChI=1S/C19H23FN6O/c1-3-26(13-6-8-25(2)9-7-13)19-21-11-14-17(24-19)22-15-5-4-12(20)10-16(15)23-18(14)27/h4-5,10-11,13H,3,6-9H2,1-2H3,(H,23,27)(H,21,22,24). The normalized spacial score (nSPS) is 17.4. The van der Waals surface area contributed by atoms with Gasteiger partial charge in [0, 0.05) is 18.8 Å². The Morgan fingerprint density at radius 1 is 1.26 bits per heavy atom. The smallest absolute Gasteiger partial charge is 0.261 e. The summed E-state index contributed by atoms with van der Waals surface area (Å²) in [5.74, 6) is 0.287. The second kappa shape index (κ2) is 7.11. The Morgan fingerprint density at radius 2 is 2.04 bits per heavy atom. The van der Waals surface area contributed by atoms with Crippen molar-refractivity contribution in [1.82, 2.24) is 14.9 Å². The van der Waals surface area contributed by atoms with Crippen LogP contribution in [0.2, 0.25) is 0 Å². The first-order valence-electron chi connectivity index (χ1n) is 9.25. The number of carbonyl (C=O) groups excluding carboxylic acids is 1. The number of anilines is 4. The summed E-state index contributed by atoms with van der Waals surface area (Å²) in [5.41, 5.74) is 1.34. The summed E-state index contributed by atoms with van der Waals surface area (Å²) in [7, 11) is 2.13. The minimum absolute atomic E-state index is 0.342. The number of amides is 1. The lowest BCUT2D eigenvalue weighted by Gasteiger charge is -2.36. The van der Waals surface area contributed by atoms with E-state index in [1.54, 1.807) is 12.3 Å². The van der Waals surface area contributed by atoms with Gasteiger partial charge in [-0.3, -0.25) is 4.79 Å². The number of halogens is 1. The van der Waals surface area contributed by atoms with Gasteiger partial charge >= 0.3 is 0 Å². The second-order valence-electron chi connectivity index (χ2n) is 7.02. The van der Waals surface area contributed by atoms with Gasteiger partial charge in [-0.05, 0) is 58.1 Å². The first-order chi connectivity index (χ1) is 13.0. The SMILES string of the molecule is CCN(c1ncc2c(n1)Nc1ccc(F)cc1NC2=O)C1CCN(C)CC1. The topological polar surface area (TPSA) is 73.4 Å². The van der Waals surface area contributed by atoms with Crippen LogP contribution < -0.4 is 15.5 Å². The number of carbonyl (C=O) groups is 1. The molecule has 1 aromatic carbocycles. The predicted molar refractivity (Wildman–Crippen MR) is 103 cm³/mol. The third-order valence-corrected chi connectivity index (χ3v) is 5.23. The molecule has 27 heavy (non-hydrogen) atoms. The Labute approximate surface area is 157 Å². The van der Waals surface area contributed by atoms with Crippen LogP contribution >= 0.6 is 0 Å². The van der Waals surface area contributed by atoms with E-state index in [2.05, 4.69) is 44.4 Å². The zero-order chi connectivity index (χ0) is 19.0. The van der Waals surface area contributed by atoms with Gasteiger partial charge in [-0.25, -0.2) is 9.37 Å². The van der Waals surface area contributed by atoms with Crippen LogP contribution in [0, 0.1) is 5.82 Å². The second-order valence-corrected chi connectivity index (χ2v) is 7.02. The molecular weight excluding hydrogens is 347 g/mol. The van der Waals surface area contributed by atoms with Crippen molar-refractivity contribution in [3.8, 4) is 0 Å². The first-order valence-corrected chi connectivity index (χ1v) is 9.25. The molecule has 8 heteroatoms. The highest BCUT2D eigenvalue weighted by Crippen LogP contribution is 2.32. The lowest BCUT2D eigenvalue weighted by Crippen LogP contribution is -2.44. The minimum atomic E-state index is -0.409. The summed E-state index contributed by atoms with van der Waals surface area (Å²) in [4.78, 5) is 26.1. The summed E-state index contributed by atoms with van der Waals surface area (Å²) >= 11 is 0. The van der Waals surface area contributed by atoms with Crippen molar-refractivity contribution in [3.05, 3.63) is 35.8 Å². The van der Waals surface area contributed by atoms with Crippen LogP contribution in [-0.2, 0) is 0 Å². The average Bonchev–Trinajstić information content (AvgIpc) is 2.79. The third kappa shape index (κ3) is 3.44. The molecule has 7 nitrogen and oxygen atoms in total. The molecule has 1 fully saturated rings. The van der Waals surface area contributed by atoms with Crippen LogP contribution in [0.25, 0.3) is 0 Å². The maximum absolute atomic E-state index is 13.5. The van der Waals surface area contributed by atoms with Crippen LogP contribution in [-0.4, -0.2) is 53.5 Å². The van der Waals surface area contributed by atoms with E-state index < -0.39 is 5.82 Å². The molecule has 1 aromatic heterocycles. The quantitative estimate of drug-likeness (QED) is 0.866. The van der Waals surface area contributed by atoms with E-state index >= 15 is 0 Å². The number of fused-ring (bicyclic) bond motifs is 2. The van der Waals surface area contributed by atoms with Crippen LogP contribution in [0.1, 0.15) is 30.1 Å². The van der Waals surface area contributed by atoms with E-state index in [0.29, 0.717) is 34.7 Å². The summed E-state index contributed by atoms with van der Waals surface area (Å²) in [5, 5.41) is 5.86. The lowest BCUT2D eigenvalue weighted by atomic mass is 10.0. The van der Waals surface area contributed by atoms with Crippen molar-refractivity contribution in [2.45, 2.75) is 25.8 Å². The van der Waals surface area contributed by atoms with Gasteiger partial charge in [-0.1, -0.05) is 0 Å². The molecular formula is C19H23FN6O. The number of benzene rings is 1. The monoisotopic (exact) mass is 370 g/mol. The van der Waals surface area contributed by atoms with Gasteiger partial charge in [-0.15, -0.1) is 0 Å². The number of aromatic nitrogens is 2. The van der Waals surface area contributed by atoms with Crippen molar-refractivity contribution in [2.24, 2.45) is 0 Å². The summed E-state index contributed by atoms with van der Waals surface area (Å²) < 4.78 is 13.5. The molecule has 2 N–H and O–H groups in total. The third-order valence-electron chi connectivity index (χ3n) is 5.23. The van der Waals surface area contributed by atoms with Crippen molar-refractivity contribution < 1.29 is 9.18 Å². The first kappa shape index (κ1) is 17.7. The number of nitrogens with one attached hydrogen (secondary N) is 2. The number of rotatable bonds is 3. The highest BCUT2D eigenvalue weighted by molar-refractivity contribution is 6.11. The average molecular weight is 370 g/mol. The van der Waals surface area contributed by atoms with Gasteiger partial charge in [0.25, 0.3) is 5.91 Å². The Balaban J connectivity index is 1.66. The van der Waals surface area contributed by atoms with Crippen molar-refractivity contribution >= 4 is 29.0 Å². The van der Waals surface area contributed by atoms with Crippen LogP contribution in [0.5, 0.6) is 0 Å². The number of likely N-dealkylation sites (tertiary alicyclic amines) is 1. The fourth-order valence-corrected chi connectivity index (χ4v) is 3.69. The van der Waals surface area contributed by atoms with Gasteiger partial charge in [0.1, 0.15) is 17.2 Å². The van der Waals surface area contributed by atoms with E-state index in [0.717, 1.165) is 32.5 Å². The molecule has 4 rings (SSSR count). The van der Waals surface area contributed by atoms with Gasteiger partial charge in [0.05, 0.1) is 11.4 Å². The highest BCUT2D eigenvalue weighted by Gasteiger charge is 2.27. The Bertz CT molecular complexity index is 865. The van der Waals surface area contributed by atoms with Gasteiger partial charge < -0.3 is 20.4 Å². The molecule has 0 saturated carbocycles. The number of nitrogens with zero attached hydrogens (tertiary/aromatic N) is 4. The number of hydrogen-bond acceptors (Lipinski definition) is 6. The van der Waals surface area contributed by atoms with Crippen LogP contribution in [0.3, 0.4) is 0 Å². The maximum atomic E-state index is 13.5. The van der Waals surface area contributed by atoms with E-state index in [9.17, 15) is 9.18 Å². The Hall–Kier alpha value is -2.74.